The van der Waals surface area contributed by atoms with Gasteiger partial charge in [-0.3, -0.25) is 14.4 Å². The maximum Gasteiger partial charge on any atom is 0.403 e. The molecule has 0 radical (unpaired) electrons. The van der Waals surface area contributed by atoms with Gasteiger partial charge in [-0.15, -0.1) is 0 Å². The van der Waals surface area contributed by atoms with E-state index in [1.807, 2.05) is 0 Å². The fourth-order valence-corrected chi connectivity index (χ4v) is 0.515. The zero-order valence-corrected chi connectivity index (χ0v) is 15.7. The minimum Gasteiger partial charge on any atom is -0.420 e. The predicted molar refractivity (Wildman–Crippen MR) is 90.0 cm³/mol. The number of hydrogen-bond donors (Lipinski definition) is 3. The van der Waals surface area contributed by atoms with Crippen molar-refractivity contribution < 1.29 is 30.0 Å². The van der Waals surface area contributed by atoms with Crippen LogP contribution in [0.1, 0.15) is 0 Å². The largest absolute Gasteiger partial charge is 0.420 e. The minimum absolute atomic E-state index is 0.624. The molecule has 0 aliphatic rings. The van der Waals surface area contributed by atoms with E-state index >= 15 is 0 Å². The first-order valence-corrected chi connectivity index (χ1v) is 6.72. The fourth-order valence-electron chi connectivity index (χ4n) is 0.515. The first kappa shape index (κ1) is 28.0. The van der Waals surface area contributed by atoms with E-state index in [9.17, 15) is 28.8 Å². The summed E-state index contributed by atoms with van der Waals surface area (Å²) in [5, 5.41) is 25.5. The van der Waals surface area contributed by atoms with Gasteiger partial charge >= 0.3 is 17.1 Å². The number of carbonyl (C=O) groups excluding carboxylic acids is 3. The van der Waals surface area contributed by atoms with Gasteiger partial charge in [-0.2, -0.15) is 0 Å². The van der Waals surface area contributed by atoms with Crippen LogP contribution in [0.2, 0.25) is 0 Å². The lowest BCUT2D eigenvalue weighted by atomic mass is 11.0. The van der Waals surface area contributed by atoms with Crippen molar-refractivity contribution in [3.63, 3.8) is 0 Å². The van der Waals surface area contributed by atoms with Crippen LogP contribution in [0.3, 0.4) is 0 Å². The van der Waals surface area contributed by atoms with Crippen LogP contribution in [-0.4, -0.2) is 106 Å². The Bertz CT molecular complexity index is 617. The fraction of sp³-hybridized carbons (Fsp3) is 0.500. The van der Waals surface area contributed by atoms with Crippen LogP contribution in [0.15, 0.2) is 14.4 Å². The number of hydrogen-bond acceptors (Lipinski definition) is 9. The van der Waals surface area contributed by atoms with Crippen molar-refractivity contribution in [2.75, 3.05) is 42.3 Å². The standard InChI is InChI=1S/C3H3N3O6.3C3H7NO/c7-1-4(10)2(8)6(12)3(9)5(1)11;3*1-4(2)3-5/h10-12H;3*3H,1-2H3. The Labute approximate surface area is 153 Å². The van der Waals surface area contributed by atoms with Crippen molar-refractivity contribution >= 4 is 19.2 Å². The van der Waals surface area contributed by atoms with Crippen molar-refractivity contribution in [2.45, 2.75) is 0 Å². The molecule has 156 valence electrons. The maximum absolute atomic E-state index is 10.5. The smallest absolute Gasteiger partial charge is 0.403 e. The molecule has 0 saturated heterocycles. The number of amides is 3. The Morgan fingerprint density at radius 3 is 0.741 bits per heavy atom. The van der Waals surface area contributed by atoms with Gasteiger partial charge in [0.1, 0.15) is 0 Å². The molecule has 3 N–H and O–H groups in total. The molecule has 0 saturated carbocycles. The molecule has 0 fully saturated rings. The maximum atomic E-state index is 10.5. The molecule has 0 spiro atoms. The predicted octanol–water partition coefficient (Wildman–Crippen LogP) is -4.00. The van der Waals surface area contributed by atoms with E-state index in [2.05, 4.69) is 0 Å². The van der Waals surface area contributed by atoms with E-state index in [0.717, 1.165) is 19.2 Å². The Morgan fingerprint density at radius 2 is 0.667 bits per heavy atom. The number of carbonyl (C=O) groups is 3. The van der Waals surface area contributed by atoms with E-state index in [1.165, 1.54) is 14.7 Å². The van der Waals surface area contributed by atoms with Gasteiger partial charge in [-0.25, -0.2) is 14.4 Å². The molecular weight excluding hydrogens is 372 g/mol. The second-order valence-electron chi connectivity index (χ2n) is 4.99. The number of rotatable bonds is 3. The molecule has 0 unspecified atom stereocenters. The lowest BCUT2D eigenvalue weighted by Gasteiger charge is -1.98. The normalized spacial score (nSPS) is 8.22. The summed E-state index contributed by atoms with van der Waals surface area (Å²) in [6.45, 7) is 0. The molecule has 1 heterocycles. The molecule has 0 aromatic carbocycles. The van der Waals surface area contributed by atoms with Gasteiger partial charge in [0.05, 0.1) is 0 Å². The lowest BCUT2D eigenvalue weighted by Crippen LogP contribution is -2.52. The molecule has 0 atom stereocenters. The summed E-state index contributed by atoms with van der Waals surface area (Å²) in [6, 6.07) is 0. The third kappa shape index (κ3) is 13.2. The highest BCUT2D eigenvalue weighted by atomic mass is 16.6. The number of aromatic nitrogens is 3. The highest BCUT2D eigenvalue weighted by Crippen LogP contribution is 1.56. The molecule has 3 amide bonds. The van der Waals surface area contributed by atoms with Crippen LogP contribution in [0.25, 0.3) is 0 Å². The van der Waals surface area contributed by atoms with Crippen molar-refractivity contribution in [3.8, 4) is 0 Å². The molecule has 0 aliphatic heterocycles. The first-order valence-electron chi connectivity index (χ1n) is 6.72. The van der Waals surface area contributed by atoms with E-state index in [4.69, 9.17) is 15.6 Å². The zero-order valence-electron chi connectivity index (χ0n) is 15.7. The Kier molecular flexibility index (Phi) is 15.1. The lowest BCUT2D eigenvalue weighted by molar-refractivity contribution is -0.116. The van der Waals surface area contributed by atoms with Crippen LogP contribution in [0.4, 0.5) is 0 Å². The minimum atomic E-state index is -1.66. The van der Waals surface area contributed by atoms with E-state index in [-0.39, 0.29) is 0 Å². The molecule has 1 aromatic rings. The quantitative estimate of drug-likeness (QED) is 0.338. The van der Waals surface area contributed by atoms with Gasteiger partial charge in [0.15, 0.2) is 0 Å². The van der Waals surface area contributed by atoms with Gasteiger partial charge in [0.25, 0.3) is 0 Å². The van der Waals surface area contributed by atoms with Crippen molar-refractivity contribution in [1.82, 2.24) is 28.9 Å². The summed E-state index contributed by atoms with van der Waals surface area (Å²) in [7, 11) is 10.1. The molecule has 0 bridgehead atoms. The second-order valence-corrected chi connectivity index (χ2v) is 4.99. The third-order valence-electron chi connectivity index (χ3n) is 1.72. The molecular formula is C12H24N6O9. The Balaban J connectivity index is -0.000000323. The monoisotopic (exact) mass is 396 g/mol. The Hall–Kier alpha value is -3.78. The summed E-state index contributed by atoms with van der Waals surface area (Å²) in [5.41, 5.74) is -4.97. The van der Waals surface area contributed by atoms with Crippen LogP contribution < -0.4 is 17.1 Å². The van der Waals surface area contributed by atoms with Crippen LogP contribution in [0, 0.1) is 0 Å². The van der Waals surface area contributed by atoms with Crippen LogP contribution in [-0.2, 0) is 14.4 Å². The van der Waals surface area contributed by atoms with Gasteiger partial charge in [-0.05, 0) is 0 Å². The van der Waals surface area contributed by atoms with Gasteiger partial charge < -0.3 is 30.3 Å². The SMILES string of the molecule is CN(C)C=O.CN(C)C=O.CN(C)C=O.O=c1n(O)c(=O)n(O)c(=O)n1O. The summed E-state index contributed by atoms with van der Waals surface area (Å²) < 4.78 is -1.87. The zero-order chi connectivity index (χ0) is 22.3. The van der Waals surface area contributed by atoms with Crippen molar-refractivity contribution in [3.05, 3.63) is 31.5 Å². The molecule has 15 heteroatoms. The van der Waals surface area contributed by atoms with E-state index in [0.29, 0.717) is 0 Å². The first-order chi connectivity index (χ1) is 12.3. The van der Waals surface area contributed by atoms with Crippen molar-refractivity contribution in [1.29, 1.82) is 0 Å². The van der Waals surface area contributed by atoms with Crippen molar-refractivity contribution in [2.24, 2.45) is 0 Å². The highest BCUT2D eigenvalue weighted by molar-refractivity contribution is 5.45. The average Bonchev–Trinajstić information content (AvgIpc) is 2.64. The van der Waals surface area contributed by atoms with Gasteiger partial charge in [-0.1, -0.05) is 14.2 Å². The van der Waals surface area contributed by atoms with Crippen LogP contribution >= 0.6 is 0 Å². The average molecular weight is 396 g/mol. The third-order valence-corrected chi connectivity index (χ3v) is 1.72. The second kappa shape index (κ2) is 14.6. The number of nitrogens with zero attached hydrogens (tertiary/aromatic N) is 6. The molecule has 0 aliphatic carbocycles. The Morgan fingerprint density at radius 1 is 0.556 bits per heavy atom. The molecule has 1 rings (SSSR count). The van der Waals surface area contributed by atoms with Crippen LogP contribution in [0.5, 0.6) is 0 Å². The summed E-state index contributed by atoms with van der Waals surface area (Å²) in [5.74, 6) is 0. The summed E-state index contributed by atoms with van der Waals surface area (Å²) in [6.07, 6.45) is 2.25. The van der Waals surface area contributed by atoms with Gasteiger partial charge in [0.2, 0.25) is 19.2 Å². The molecule has 1 aromatic heterocycles. The highest BCUT2D eigenvalue weighted by Gasteiger charge is 2.12. The topological polar surface area (TPSA) is 188 Å². The molecule has 15 nitrogen and oxygen atoms in total. The molecule has 27 heavy (non-hydrogen) atoms. The van der Waals surface area contributed by atoms with E-state index < -0.39 is 31.3 Å². The van der Waals surface area contributed by atoms with E-state index in [1.54, 1.807) is 42.3 Å². The summed E-state index contributed by atoms with van der Waals surface area (Å²) in [4.78, 5) is 64.0. The summed E-state index contributed by atoms with van der Waals surface area (Å²) >= 11 is 0. The van der Waals surface area contributed by atoms with Gasteiger partial charge in [0, 0.05) is 42.3 Å².